The Kier molecular flexibility index (Phi) is 5.96. The fourth-order valence-corrected chi connectivity index (χ4v) is 3.84. The lowest BCUT2D eigenvalue weighted by molar-refractivity contribution is -0.140. The van der Waals surface area contributed by atoms with Crippen molar-refractivity contribution >= 4 is 17.7 Å². The van der Waals surface area contributed by atoms with E-state index < -0.39 is 0 Å². The first-order valence-electron chi connectivity index (χ1n) is 9.49. The van der Waals surface area contributed by atoms with E-state index in [0.29, 0.717) is 45.7 Å². The van der Waals surface area contributed by atoms with Crippen molar-refractivity contribution in [2.75, 3.05) is 39.3 Å². The molecule has 0 unspecified atom stereocenters. The fourth-order valence-electron chi connectivity index (χ4n) is 3.84. The third-order valence-corrected chi connectivity index (χ3v) is 5.45. The topological polar surface area (TPSA) is 76.7 Å². The molecule has 0 aromatic carbocycles. The molecule has 1 aromatic rings. The van der Waals surface area contributed by atoms with Gasteiger partial charge in [-0.05, 0) is 31.4 Å². The number of carbonyl (C=O) groups is 3. The lowest BCUT2D eigenvalue weighted by atomic mass is 9.95. The molecule has 0 atom stereocenters. The van der Waals surface area contributed by atoms with E-state index in [1.54, 1.807) is 6.92 Å². The lowest BCUT2D eigenvalue weighted by Gasteiger charge is -2.33. The number of hydrogen-bond donors (Lipinski definition) is 1. The summed E-state index contributed by atoms with van der Waals surface area (Å²) in [5.41, 5.74) is 0.921. The highest BCUT2D eigenvalue weighted by atomic mass is 16.2. The minimum atomic E-state index is 0.00627. The van der Waals surface area contributed by atoms with Crippen LogP contribution in [0.15, 0.2) is 18.3 Å². The number of aromatic nitrogens is 1. The van der Waals surface area contributed by atoms with Crippen LogP contribution in [0.3, 0.4) is 0 Å². The van der Waals surface area contributed by atoms with E-state index >= 15 is 0 Å². The molecule has 7 nitrogen and oxygen atoms in total. The number of piperidine rings is 1. The molecule has 0 saturated carbocycles. The summed E-state index contributed by atoms with van der Waals surface area (Å²) in [5, 5.41) is 0. The van der Waals surface area contributed by atoms with Crippen molar-refractivity contribution in [2.45, 2.75) is 32.6 Å². The molecule has 26 heavy (non-hydrogen) atoms. The molecule has 1 aromatic heterocycles. The first-order valence-corrected chi connectivity index (χ1v) is 9.49. The zero-order chi connectivity index (χ0) is 18.5. The highest BCUT2D eigenvalue weighted by Crippen LogP contribution is 2.21. The van der Waals surface area contributed by atoms with Gasteiger partial charge in [-0.25, -0.2) is 0 Å². The van der Waals surface area contributed by atoms with Crippen molar-refractivity contribution < 1.29 is 14.4 Å². The number of amides is 3. The van der Waals surface area contributed by atoms with Crippen molar-refractivity contribution in [3.05, 3.63) is 24.0 Å². The number of carbonyl (C=O) groups excluding carboxylic acids is 3. The quantitative estimate of drug-likeness (QED) is 0.869. The second kappa shape index (κ2) is 8.38. The Labute approximate surface area is 154 Å². The van der Waals surface area contributed by atoms with Gasteiger partial charge >= 0.3 is 0 Å². The Morgan fingerprint density at radius 2 is 1.69 bits per heavy atom. The van der Waals surface area contributed by atoms with Crippen LogP contribution in [0, 0.1) is 5.92 Å². The van der Waals surface area contributed by atoms with Gasteiger partial charge in [-0.1, -0.05) is 0 Å². The number of H-pyrrole nitrogens is 1. The van der Waals surface area contributed by atoms with E-state index in [1.165, 1.54) is 0 Å². The molecule has 3 heterocycles. The second-order valence-electron chi connectivity index (χ2n) is 7.21. The monoisotopic (exact) mass is 360 g/mol. The average molecular weight is 360 g/mol. The predicted octanol–water partition coefficient (Wildman–Crippen LogP) is 0.877. The zero-order valence-corrected chi connectivity index (χ0v) is 15.4. The van der Waals surface area contributed by atoms with E-state index in [4.69, 9.17) is 0 Å². The van der Waals surface area contributed by atoms with Gasteiger partial charge < -0.3 is 19.7 Å². The second-order valence-corrected chi connectivity index (χ2v) is 7.21. The minimum Gasteiger partial charge on any atom is -0.365 e. The smallest absolute Gasteiger partial charge is 0.228 e. The number of nitrogens with zero attached hydrogens (tertiary/aromatic N) is 3. The number of nitrogens with one attached hydrogen (secondary N) is 1. The van der Waals surface area contributed by atoms with E-state index in [2.05, 4.69) is 4.98 Å². The summed E-state index contributed by atoms with van der Waals surface area (Å²) in [4.78, 5) is 45.4. The van der Waals surface area contributed by atoms with E-state index in [0.717, 1.165) is 25.0 Å². The molecule has 2 saturated heterocycles. The van der Waals surface area contributed by atoms with Crippen molar-refractivity contribution in [1.82, 2.24) is 19.7 Å². The molecule has 2 aliphatic rings. The summed E-state index contributed by atoms with van der Waals surface area (Å²) < 4.78 is 0. The summed E-state index contributed by atoms with van der Waals surface area (Å²) in [5.74, 6) is 0.386. The van der Waals surface area contributed by atoms with Gasteiger partial charge in [0, 0.05) is 64.0 Å². The maximum Gasteiger partial charge on any atom is 0.228 e. The maximum absolute atomic E-state index is 12.8. The van der Waals surface area contributed by atoms with Gasteiger partial charge in [0.2, 0.25) is 17.7 Å². The van der Waals surface area contributed by atoms with Crippen molar-refractivity contribution in [3.8, 4) is 0 Å². The summed E-state index contributed by atoms with van der Waals surface area (Å²) in [6, 6.07) is 3.81. The molecule has 3 rings (SSSR count). The molecule has 2 fully saturated rings. The van der Waals surface area contributed by atoms with Crippen LogP contribution in [0.4, 0.5) is 0 Å². The fraction of sp³-hybridized carbons (Fsp3) is 0.632. The van der Waals surface area contributed by atoms with Gasteiger partial charge in [0.05, 0.1) is 6.42 Å². The van der Waals surface area contributed by atoms with Gasteiger partial charge in [0.15, 0.2) is 0 Å². The molecule has 0 spiro atoms. The van der Waals surface area contributed by atoms with Crippen LogP contribution >= 0.6 is 0 Å². The highest BCUT2D eigenvalue weighted by Gasteiger charge is 2.30. The van der Waals surface area contributed by atoms with E-state index in [1.807, 2.05) is 33.0 Å². The average Bonchev–Trinajstić information content (AvgIpc) is 3.02. The summed E-state index contributed by atoms with van der Waals surface area (Å²) >= 11 is 0. The number of likely N-dealkylation sites (tertiary alicyclic amines) is 1. The predicted molar refractivity (Wildman–Crippen MR) is 97.3 cm³/mol. The first kappa shape index (κ1) is 18.5. The minimum absolute atomic E-state index is 0.00627. The molecule has 142 valence electrons. The largest absolute Gasteiger partial charge is 0.365 e. The van der Waals surface area contributed by atoms with Crippen LogP contribution in [0.1, 0.15) is 31.9 Å². The molecule has 0 radical (unpaired) electrons. The van der Waals surface area contributed by atoms with Crippen molar-refractivity contribution in [1.29, 1.82) is 0 Å². The van der Waals surface area contributed by atoms with Crippen LogP contribution < -0.4 is 0 Å². The van der Waals surface area contributed by atoms with Crippen LogP contribution in [0.5, 0.6) is 0 Å². The van der Waals surface area contributed by atoms with Gasteiger partial charge in [-0.15, -0.1) is 0 Å². The Morgan fingerprint density at radius 1 is 1.00 bits per heavy atom. The first-order chi connectivity index (χ1) is 12.5. The molecular weight excluding hydrogens is 332 g/mol. The van der Waals surface area contributed by atoms with Gasteiger partial charge in [-0.3, -0.25) is 14.4 Å². The van der Waals surface area contributed by atoms with Gasteiger partial charge in [-0.2, -0.15) is 0 Å². The van der Waals surface area contributed by atoms with Crippen molar-refractivity contribution in [2.24, 2.45) is 5.92 Å². The molecule has 0 bridgehead atoms. The molecule has 0 aliphatic carbocycles. The Balaban J connectivity index is 1.49. The van der Waals surface area contributed by atoms with E-state index in [-0.39, 0.29) is 23.6 Å². The number of hydrogen-bond acceptors (Lipinski definition) is 3. The Hall–Kier alpha value is -2.31. The Morgan fingerprint density at radius 3 is 2.35 bits per heavy atom. The number of rotatable bonds is 3. The van der Waals surface area contributed by atoms with Gasteiger partial charge in [0.25, 0.3) is 0 Å². The van der Waals surface area contributed by atoms with Crippen LogP contribution in [0.25, 0.3) is 0 Å². The summed E-state index contributed by atoms with van der Waals surface area (Å²) in [6.45, 7) is 5.51. The SMILES string of the molecule is CC(=O)N1CCC(C(=O)N2CCCN(C(=O)Cc3ccc[nH]3)CC2)CC1. The molecular formula is C19H28N4O3. The molecule has 7 heteroatoms. The maximum atomic E-state index is 12.8. The standard InChI is InChI=1S/C19H28N4O3/c1-15(24)21-10-5-16(6-11-21)19(26)23-9-3-8-22(12-13-23)18(25)14-17-4-2-7-20-17/h2,4,7,16,20H,3,5-6,8-14H2,1H3. The summed E-state index contributed by atoms with van der Waals surface area (Å²) in [6.07, 6.45) is 4.50. The zero-order valence-electron chi connectivity index (χ0n) is 15.4. The normalized spacial score (nSPS) is 19.3. The molecule has 1 N–H and O–H groups in total. The molecule has 3 amide bonds. The van der Waals surface area contributed by atoms with Crippen LogP contribution in [-0.2, 0) is 20.8 Å². The third kappa shape index (κ3) is 4.45. The third-order valence-electron chi connectivity index (χ3n) is 5.45. The highest BCUT2D eigenvalue weighted by molar-refractivity contribution is 5.80. The summed E-state index contributed by atoms with van der Waals surface area (Å²) in [7, 11) is 0. The molecule has 2 aliphatic heterocycles. The Bertz CT molecular complexity index is 635. The van der Waals surface area contributed by atoms with Crippen LogP contribution in [-0.4, -0.2) is 76.7 Å². The van der Waals surface area contributed by atoms with E-state index in [9.17, 15) is 14.4 Å². The van der Waals surface area contributed by atoms with Crippen LogP contribution in [0.2, 0.25) is 0 Å². The lowest BCUT2D eigenvalue weighted by Crippen LogP contribution is -2.45. The van der Waals surface area contributed by atoms with Crippen molar-refractivity contribution in [3.63, 3.8) is 0 Å². The van der Waals surface area contributed by atoms with Gasteiger partial charge in [0.1, 0.15) is 0 Å². The number of aromatic amines is 1.